The highest BCUT2D eigenvalue weighted by Gasteiger charge is 2.47. The Morgan fingerprint density at radius 1 is 1.56 bits per heavy atom. The van der Waals surface area contributed by atoms with E-state index in [1.165, 1.54) is 6.20 Å². The largest absolute Gasteiger partial charge is 0.391 e. The molecule has 0 aliphatic heterocycles. The molecular formula is C12H17F3N2O. The standard InChI is InChI=1S/C12H17F3N2O/c1-2-17-8-10(7-16-17)11(18)5-3-4-9(6-11)12(13,14)15/h7-9,18H,2-6H2,1H3. The molecule has 1 N–H and O–H groups in total. The van der Waals surface area contributed by atoms with E-state index in [9.17, 15) is 18.3 Å². The Hall–Kier alpha value is -1.04. The van der Waals surface area contributed by atoms with Crippen LogP contribution in [-0.4, -0.2) is 21.1 Å². The topological polar surface area (TPSA) is 38.0 Å². The van der Waals surface area contributed by atoms with Crippen LogP contribution in [-0.2, 0) is 12.1 Å². The molecule has 1 aromatic heterocycles. The Kier molecular flexibility index (Phi) is 3.40. The molecule has 2 atom stereocenters. The number of aryl methyl sites for hydroxylation is 1. The van der Waals surface area contributed by atoms with Crippen molar-refractivity contribution in [3.05, 3.63) is 18.0 Å². The first-order valence-electron chi connectivity index (χ1n) is 6.17. The van der Waals surface area contributed by atoms with E-state index >= 15 is 0 Å². The van der Waals surface area contributed by atoms with Crippen molar-refractivity contribution in [3.63, 3.8) is 0 Å². The zero-order chi connectivity index (χ0) is 13.4. The van der Waals surface area contributed by atoms with Crippen LogP contribution in [0.3, 0.4) is 0 Å². The van der Waals surface area contributed by atoms with Gasteiger partial charge in [0.15, 0.2) is 0 Å². The smallest absolute Gasteiger partial charge is 0.385 e. The van der Waals surface area contributed by atoms with Crippen molar-refractivity contribution in [2.45, 2.75) is 50.9 Å². The third-order valence-electron chi connectivity index (χ3n) is 3.68. The molecule has 6 heteroatoms. The Morgan fingerprint density at radius 2 is 2.28 bits per heavy atom. The van der Waals surface area contributed by atoms with Crippen molar-refractivity contribution in [1.29, 1.82) is 0 Å². The van der Waals surface area contributed by atoms with Gasteiger partial charge in [-0.2, -0.15) is 18.3 Å². The van der Waals surface area contributed by atoms with Gasteiger partial charge in [0, 0.05) is 18.3 Å². The normalized spacial score (nSPS) is 29.5. The molecule has 1 fully saturated rings. The first-order chi connectivity index (χ1) is 8.35. The highest BCUT2D eigenvalue weighted by molar-refractivity contribution is 5.16. The summed E-state index contributed by atoms with van der Waals surface area (Å²) in [6.07, 6.45) is -0.511. The summed E-state index contributed by atoms with van der Waals surface area (Å²) in [6, 6.07) is 0. The summed E-state index contributed by atoms with van der Waals surface area (Å²) >= 11 is 0. The van der Waals surface area contributed by atoms with E-state index in [1.54, 1.807) is 10.9 Å². The molecule has 3 nitrogen and oxygen atoms in total. The highest BCUT2D eigenvalue weighted by atomic mass is 19.4. The minimum Gasteiger partial charge on any atom is -0.385 e. The molecule has 0 aromatic carbocycles. The molecule has 0 saturated heterocycles. The van der Waals surface area contributed by atoms with Gasteiger partial charge in [0.2, 0.25) is 0 Å². The van der Waals surface area contributed by atoms with Gasteiger partial charge < -0.3 is 5.11 Å². The van der Waals surface area contributed by atoms with Gasteiger partial charge in [-0.3, -0.25) is 4.68 Å². The average Bonchev–Trinajstić information content (AvgIpc) is 2.77. The Labute approximate surface area is 104 Å². The van der Waals surface area contributed by atoms with Gasteiger partial charge in [0.05, 0.1) is 17.7 Å². The predicted octanol–water partition coefficient (Wildman–Crippen LogP) is 2.84. The van der Waals surface area contributed by atoms with Gasteiger partial charge in [0.25, 0.3) is 0 Å². The van der Waals surface area contributed by atoms with E-state index in [4.69, 9.17) is 0 Å². The highest BCUT2D eigenvalue weighted by Crippen LogP contribution is 2.45. The molecular weight excluding hydrogens is 245 g/mol. The third-order valence-corrected chi connectivity index (χ3v) is 3.68. The Balaban J connectivity index is 2.20. The van der Waals surface area contributed by atoms with E-state index in [-0.39, 0.29) is 12.8 Å². The Bertz CT molecular complexity index is 416. The summed E-state index contributed by atoms with van der Waals surface area (Å²) in [5, 5.41) is 14.4. The van der Waals surface area contributed by atoms with Crippen molar-refractivity contribution in [2.24, 2.45) is 5.92 Å². The number of aliphatic hydroxyl groups is 1. The van der Waals surface area contributed by atoms with Crippen LogP contribution in [0, 0.1) is 5.92 Å². The number of nitrogens with zero attached hydrogens (tertiary/aromatic N) is 2. The SMILES string of the molecule is CCn1cc(C2(O)CCCC(C(F)(F)F)C2)cn1. The van der Waals surface area contributed by atoms with Crippen LogP contribution in [0.1, 0.15) is 38.2 Å². The van der Waals surface area contributed by atoms with Crippen LogP contribution in [0.5, 0.6) is 0 Å². The lowest BCUT2D eigenvalue weighted by Gasteiger charge is -2.37. The van der Waals surface area contributed by atoms with E-state index in [0.717, 1.165) is 0 Å². The summed E-state index contributed by atoms with van der Waals surface area (Å²) in [7, 11) is 0. The molecule has 0 bridgehead atoms. The molecule has 0 radical (unpaired) electrons. The second kappa shape index (κ2) is 4.57. The van der Waals surface area contributed by atoms with Crippen molar-refractivity contribution in [1.82, 2.24) is 9.78 Å². The molecule has 1 aliphatic carbocycles. The van der Waals surface area contributed by atoms with Crippen LogP contribution in [0.4, 0.5) is 13.2 Å². The number of halogens is 3. The van der Waals surface area contributed by atoms with Gasteiger partial charge in [-0.05, 0) is 32.6 Å². The number of alkyl halides is 3. The molecule has 102 valence electrons. The molecule has 1 heterocycles. The van der Waals surface area contributed by atoms with Crippen LogP contribution < -0.4 is 0 Å². The zero-order valence-electron chi connectivity index (χ0n) is 10.2. The maximum absolute atomic E-state index is 12.7. The maximum Gasteiger partial charge on any atom is 0.391 e. The van der Waals surface area contributed by atoms with E-state index in [0.29, 0.717) is 24.9 Å². The van der Waals surface area contributed by atoms with Crippen LogP contribution in [0.15, 0.2) is 12.4 Å². The van der Waals surface area contributed by atoms with E-state index < -0.39 is 17.7 Å². The van der Waals surface area contributed by atoms with Crippen LogP contribution >= 0.6 is 0 Å². The summed E-state index contributed by atoms with van der Waals surface area (Å²) < 4.78 is 39.8. The number of hydrogen-bond acceptors (Lipinski definition) is 2. The van der Waals surface area contributed by atoms with Crippen molar-refractivity contribution >= 4 is 0 Å². The fourth-order valence-corrected chi connectivity index (χ4v) is 2.57. The fraction of sp³-hybridized carbons (Fsp3) is 0.750. The quantitative estimate of drug-likeness (QED) is 0.890. The van der Waals surface area contributed by atoms with Crippen LogP contribution in [0.25, 0.3) is 0 Å². The lowest BCUT2D eigenvalue weighted by molar-refractivity contribution is -0.201. The fourth-order valence-electron chi connectivity index (χ4n) is 2.57. The average molecular weight is 262 g/mol. The van der Waals surface area contributed by atoms with Gasteiger partial charge in [0.1, 0.15) is 0 Å². The maximum atomic E-state index is 12.7. The molecule has 1 saturated carbocycles. The minimum absolute atomic E-state index is 0.105. The molecule has 2 rings (SSSR count). The second-order valence-corrected chi connectivity index (χ2v) is 4.95. The van der Waals surface area contributed by atoms with Crippen LogP contribution in [0.2, 0.25) is 0 Å². The zero-order valence-corrected chi connectivity index (χ0v) is 10.2. The van der Waals surface area contributed by atoms with Gasteiger partial charge in [-0.1, -0.05) is 0 Å². The van der Waals surface area contributed by atoms with E-state index in [2.05, 4.69) is 5.10 Å². The van der Waals surface area contributed by atoms with Gasteiger partial charge in [-0.25, -0.2) is 0 Å². The molecule has 0 spiro atoms. The number of rotatable bonds is 2. The summed E-state index contributed by atoms with van der Waals surface area (Å²) in [5.74, 6) is -1.42. The number of aromatic nitrogens is 2. The first-order valence-corrected chi connectivity index (χ1v) is 6.17. The molecule has 1 aromatic rings. The summed E-state index contributed by atoms with van der Waals surface area (Å²) in [5.41, 5.74) is -0.885. The Morgan fingerprint density at radius 3 is 2.83 bits per heavy atom. The second-order valence-electron chi connectivity index (χ2n) is 4.95. The van der Waals surface area contributed by atoms with Gasteiger partial charge in [-0.15, -0.1) is 0 Å². The monoisotopic (exact) mass is 262 g/mol. The molecule has 0 amide bonds. The lowest BCUT2D eigenvalue weighted by atomic mass is 9.75. The number of hydrogen-bond donors (Lipinski definition) is 1. The molecule has 1 aliphatic rings. The molecule has 18 heavy (non-hydrogen) atoms. The van der Waals surface area contributed by atoms with Crippen molar-refractivity contribution in [3.8, 4) is 0 Å². The van der Waals surface area contributed by atoms with Crippen molar-refractivity contribution < 1.29 is 18.3 Å². The minimum atomic E-state index is -4.23. The van der Waals surface area contributed by atoms with Crippen molar-refractivity contribution in [2.75, 3.05) is 0 Å². The predicted molar refractivity (Wildman–Crippen MR) is 59.8 cm³/mol. The third kappa shape index (κ3) is 2.53. The summed E-state index contributed by atoms with van der Waals surface area (Å²) in [4.78, 5) is 0. The first kappa shape index (κ1) is 13.4. The van der Waals surface area contributed by atoms with Gasteiger partial charge >= 0.3 is 6.18 Å². The lowest BCUT2D eigenvalue weighted by Crippen LogP contribution is -2.38. The molecule has 2 unspecified atom stereocenters. The summed E-state index contributed by atoms with van der Waals surface area (Å²) in [6.45, 7) is 2.53. The van der Waals surface area contributed by atoms with E-state index in [1.807, 2.05) is 6.92 Å².